The third-order valence-electron chi connectivity index (χ3n) is 2.47. The monoisotopic (exact) mass is 240 g/mol. The van der Waals surface area contributed by atoms with Gasteiger partial charge in [-0.2, -0.15) is 0 Å². The summed E-state index contributed by atoms with van der Waals surface area (Å²) in [6.45, 7) is 5.30. The fraction of sp³-hybridized carbons (Fsp3) is 0.417. The molecule has 0 atom stereocenters. The zero-order valence-electron chi connectivity index (χ0n) is 9.78. The summed E-state index contributed by atoms with van der Waals surface area (Å²) >= 11 is 0. The van der Waals surface area contributed by atoms with E-state index in [0.29, 0.717) is 5.56 Å². The van der Waals surface area contributed by atoms with Crippen LogP contribution in [0.4, 0.5) is 0 Å². The maximum atomic E-state index is 11.8. The third-order valence-corrected chi connectivity index (χ3v) is 4.05. The molecule has 1 aromatic carbocycles. The smallest absolute Gasteiger partial charge is 0.178 e. The highest BCUT2D eigenvalue weighted by molar-refractivity contribution is 7.92. The van der Waals surface area contributed by atoms with Gasteiger partial charge in [-0.1, -0.05) is 30.7 Å². The van der Waals surface area contributed by atoms with Gasteiger partial charge >= 0.3 is 0 Å². The molecule has 16 heavy (non-hydrogen) atoms. The summed E-state index contributed by atoms with van der Waals surface area (Å²) in [4.78, 5) is 11.8. The Morgan fingerprint density at radius 2 is 1.88 bits per heavy atom. The molecule has 0 unspecified atom stereocenters. The van der Waals surface area contributed by atoms with Crippen molar-refractivity contribution in [1.29, 1.82) is 0 Å². The minimum absolute atomic E-state index is 0.00362. The summed E-state index contributed by atoms with van der Waals surface area (Å²) in [7, 11) is -3.24. The van der Waals surface area contributed by atoms with E-state index in [1.54, 1.807) is 13.0 Å². The SMILES string of the molecule is CCS(=O)(=O)CC(=O)c1ccc(C)cc1C. The molecular weight excluding hydrogens is 224 g/mol. The predicted octanol–water partition coefficient (Wildman–Crippen LogP) is 1.92. The van der Waals surface area contributed by atoms with Crippen molar-refractivity contribution in [3.05, 3.63) is 34.9 Å². The number of carbonyl (C=O) groups is 1. The quantitative estimate of drug-likeness (QED) is 0.755. The van der Waals surface area contributed by atoms with Gasteiger partial charge in [-0.25, -0.2) is 8.42 Å². The van der Waals surface area contributed by atoms with Crippen LogP contribution in [-0.2, 0) is 9.84 Å². The van der Waals surface area contributed by atoms with Gasteiger partial charge in [0.1, 0.15) is 5.75 Å². The molecule has 0 saturated carbocycles. The van der Waals surface area contributed by atoms with E-state index in [2.05, 4.69) is 0 Å². The lowest BCUT2D eigenvalue weighted by molar-refractivity contribution is 0.102. The number of hydrogen-bond acceptors (Lipinski definition) is 3. The van der Waals surface area contributed by atoms with Crippen LogP contribution in [0.5, 0.6) is 0 Å². The molecule has 0 fully saturated rings. The van der Waals surface area contributed by atoms with Gasteiger partial charge in [0.15, 0.2) is 15.6 Å². The zero-order chi connectivity index (χ0) is 12.3. The minimum atomic E-state index is -3.24. The van der Waals surface area contributed by atoms with Crippen LogP contribution in [0, 0.1) is 13.8 Å². The maximum absolute atomic E-state index is 11.8. The van der Waals surface area contributed by atoms with Gasteiger partial charge in [0.05, 0.1) is 0 Å². The molecule has 4 heteroatoms. The van der Waals surface area contributed by atoms with Gasteiger partial charge in [-0.15, -0.1) is 0 Å². The van der Waals surface area contributed by atoms with Crippen molar-refractivity contribution in [1.82, 2.24) is 0 Å². The van der Waals surface area contributed by atoms with Crippen molar-refractivity contribution >= 4 is 15.6 Å². The molecule has 0 aliphatic rings. The molecule has 1 rings (SSSR count). The molecule has 0 aliphatic heterocycles. The summed E-state index contributed by atoms with van der Waals surface area (Å²) in [6, 6.07) is 5.39. The Kier molecular flexibility index (Phi) is 3.86. The molecule has 0 aromatic heterocycles. The van der Waals surface area contributed by atoms with Gasteiger partial charge < -0.3 is 0 Å². The van der Waals surface area contributed by atoms with Crippen LogP contribution in [0.2, 0.25) is 0 Å². The first kappa shape index (κ1) is 12.9. The topological polar surface area (TPSA) is 51.2 Å². The van der Waals surface area contributed by atoms with Gasteiger partial charge in [-0.05, 0) is 19.4 Å². The number of benzene rings is 1. The van der Waals surface area contributed by atoms with E-state index < -0.39 is 15.6 Å². The first-order valence-electron chi connectivity index (χ1n) is 5.16. The standard InChI is InChI=1S/C12H16O3S/c1-4-16(14,15)8-12(13)11-6-5-9(2)7-10(11)3/h5-7H,4,8H2,1-3H3. The van der Waals surface area contributed by atoms with Crippen LogP contribution in [0.1, 0.15) is 28.4 Å². The van der Waals surface area contributed by atoms with Crippen LogP contribution in [-0.4, -0.2) is 25.7 Å². The van der Waals surface area contributed by atoms with Crippen LogP contribution >= 0.6 is 0 Å². The van der Waals surface area contributed by atoms with Crippen LogP contribution in [0.25, 0.3) is 0 Å². The molecule has 0 bridgehead atoms. The molecule has 0 saturated heterocycles. The molecule has 3 nitrogen and oxygen atoms in total. The molecule has 0 heterocycles. The van der Waals surface area contributed by atoms with Crippen molar-refractivity contribution < 1.29 is 13.2 Å². The van der Waals surface area contributed by atoms with Crippen molar-refractivity contribution in [2.75, 3.05) is 11.5 Å². The Morgan fingerprint density at radius 3 is 2.38 bits per heavy atom. The van der Waals surface area contributed by atoms with Crippen LogP contribution in [0.3, 0.4) is 0 Å². The van der Waals surface area contributed by atoms with E-state index >= 15 is 0 Å². The molecule has 1 aromatic rings. The number of ketones is 1. The Balaban J connectivity index is 2.98. The molecule has 0 aliphatic carbocycles. The fourth-order valence-corrected chi connectivity index (χ4v) is 2.27. The van der Waals surface area contributed by atoms with E-state index in [-0.39, 0.29) is 11.5 Å². The van der Waals surface area contributed by atoms with Crippen molar-refractivity contribution in [3.63, 3.8) is 0 Å². The first-order valence-corrected chi connectivity index (χ1v) is 6.98. The maximum Gasteiger partial charge on any atom is 0.178 e. The molecule has 88 valence electrons. The number of carbonyl (C=O) groups excluding carboxylic acids is 1. The highest BCUT2D eigenvalue weighted by atomic mass is 32.2. The van der Waals surface area contributed by atoms with E-state index in [9.17, 15) is 13.2 Å². The van der Waals surface area contributed by atoms with E-state index in [1.165, 1.54) is 0 Å². The van der Waals surface area contributed by atoms with Crippen molar-refractivity contribution in [2.45, 2.75) is 20.8 Å². The number of rotatable bonds is 4. The molecule has 0 amide bonds. The van der Waals surface area contributed by atoms with Crippen molar-refractivity contribution in [2.24, 2.45) is 0 Å². The Morgan fingerprint density at radius 1 is 1.25 bits per heavy atom. The van der Waals surface area contributed by atoms with E-state index in [0.717, 1.165) is 11.1 Å². The van der Waals surface area contributed by atoms with Gasteiger partial charge in [0, 0.05) is 11.3 Å². The Hall–Kier alpha value is -1.16. The number of sulfone groups is 1. The molecular formula is C12H16O3S. The lowest BCUT2D eigenvalue weighted by Gasteiger charge is -2.05. The summed E-state index contributed by atoms with van der Waals surface area (Å²) < 4.78 is 22.7. The fourth-order valence-electron chi connectivity index (χ4n) is 1.51. The molecule has 0 radical (unpaired) electrons. The Labute approximate surface area is 96.4 Å². The average Bonchev–Trinajstić information content (AvgIpc) is 2.16. The van der Waals surface area contributed by atoms with Crippen molar-refractivity contribution in [3.8, 4) is 0 Å². The van der Waals surface area contributed by atoms with Gasteiger partial charge in [-0.3, -0.25) is 4.79 Å². The van der Waals surface area contributed by atoms with Gasteiger partial charge in [0.2, 0.25) is 0 Å². The molecule has 0 N–H and O–H groups in total. The predicted molar refractivity (Wildman–Crippen MR) is 64.6 cm³/mol. The second kappa shape index (κ2) is 4.78. The normalized spacial score (nSPS) is 11.4. The second-order valence-corrected chi connectivity index (χ2v) is 6.27. The Bertz CT molecular complexity index is 501. The highest BCUT2D eigenvalue weighted by Gasteiger charge is 2.17. The van der Waals surface area contributed by atoms with E-state index in [1.807, 2.05) is 26.0 Å². The van der Waals surface area contributed by atoms with Gasteiger partial charge in [0.25, 0.3) is 0 Å². The number of aryl methyl sites for hydroxylation is 2. The lowest BCUT2D eigenvalue weighted by Crippen LogP contribution is -2.18. The van der Waals surface area contributed by atoms with Crippen LogP contribution in [0.15, 0.2) is 18.2 Å². The second-order valence-electron chi connectivity index (χ2n) is 3.92. The summed E-state index contributed by atoms with van der Waals surface area (Å²) in [5.41, 5.74) is 2.39. The largest absolute Gasteiger partial charge is 0.293 e. The first-order chi connectivity index (χ1) is 7.35. The third kappa shape index (κ3) is 3.17. The summed E-state index contributed by atoms with van der Waals surface area (Å²) in [5, 5.41) is 0. The zero-order valence-corrected chi connectivity index (χ0v) is 10.6. The minimum Gasteiger partial charge on any atom is -0.293 e. The lowest BCUT2D eigenvalue weighted by atomic mass is 10.0. The number of Topliss-reactive ketones (excluding diaryl/α,β-unsaturated/α-hetero) is 1. The average molecular weight is 240 g/mol. The summed E-state index contributed by atoms with van der Waals surface area (Å²) in [6.07, 6.45) is 0. The highest BCUT2D eigenvalue weighted by Crippen LogP contribution is 2.12. The van der Waals surface area contributed by atoms with Crippen LogP contribution < -0.4 is 0 Å². The molecule has 0 spiro atoms. The number of hydrogen-bond donors (Lipinski definition) is 0. The summed E-state index contributed by atoms with van der Waals surface area (Å²) in [5.74, 6) is -0.712. The van der Waals surface area contributed by atoms with E-state index in [4.69, 9.17) is 0 Å².